The van der Waals surface area contributed by atoms with Gasteiger partial charge in [-0.3, -0.25) is 0 Å². The molecule has 0 atom stereocenters. The molecule has 5 nitrogen and oxygen atoms in total. The number of aryl methyl sites for hydroxylation is 1. The van der Waals surface area contributed by atoms with Crippen LogP contribution in [0.1, 0.15) is 19.4 Å². The monoisotopic (exact) mass is 427 g/mol. The number of rotatable bonds is 6. The van der Waals surface area contributed by atoms with Gasteiger partial charge >= 0.3 is 0 Å². The van der Waals surface area contributed by atoms with E-state index >= 15 is 0 Å². The second-order valence-electron chi connectivity index (χ2n) is 6.71. The van der Waals surface area contributed by atoms with E-state index in [1.165, 1.54) is 4.31 Å². The standard InChI is InChI=1S/C22H25N3O2S2/c1-4-25(5-2)29(26,27)20-13-10-16(3)21(15-20)24-22(28)23-19-12-11-17-8-6-7-9-18(17)14-19/h6-15H,4-5H2,1-3H3,(H2,23,24,28). The Bertz CT molecular complexity index is 1140. The summed E-state index contributed by atoms with van der Waals surface area (Å²) in [6.07, 6.45) is 0. The first kappa shape index (κ1) is 21.2. The van der Waals surface area contributed by atoms with Crippen molar-refractivity contribution in [3.63, 3.8) is 0 Å². The largest absolute Gasteiger partial charge is 0.332 e. The maximum atomic E-state index is 12.8. The Morgan fingerprint density at radius 3 is 2.31 bits per heavy atom. The Morgan fingerprint density at radius 1 is 0.931 bits per heavy atom. The minimum Gasteiger partial charge on any atom is -0.332 e. The first-order valence-corrected chi connectivity index (χ1v) is 11.4. The molecule has 0 amide bonds. The van der Waals surface area contributed by atoms with Gasteiger partial charge < -0.3 is 10.6 Å². The summed E-state index contributed by atoms with van der Waals surface area (Å²) >= 11 is 5.45. The van der Waals surface area contributed by atoms with Gasteiger partial charge in [-0.15, -0.1) is 0 Å². The number of hydrogen-bond donors (Lipinski definition) is 2. The lowest BCUT2D eigenvalue weighted by Gasteiger charge is -2.20. The lowest BCUT2D eigenvalue weighted by Crippen LogP contribution is -2.30. The van der Waals surface area contributed by atoms with E-state index < -0.39 is 10.0 Å². The molecule has 0 unspecified atom stereocenters. The molecular formula is C22H25N3O2S2. The van der Waals surface area contributed by atoms with E-state index in [4.69, 9.17) is 12.2 Å². The number of anilines is 2. The molecule has 0 radical (unpaired) electrons. The smallest absolute Gasteiger partial charge is 0.243 e. The van der Waals surface area contributed by atoms with Crippen LogP contribution in [0.5, 0.6) is 0 Å². The van der Waals surface area contributed by atoms with Gasteiger partial charge in [0.05, 0.1) is 4.90 Å². The summed E-state index contributed by atoms with van der Waals surface area (Å²) < 4.78 is 27.1. The van der Waals surface area contributed by atoms with Crippen LogP contribution in [0.15, 0.2) is 65.6 Å². The summed E-state index contributed by atoms with van der Waals surface area (Å²) in [5.41, 5.74) is 2.44. The molecule has 0 aliphatic rings. The van der Waals surface area contributed by atoms with E-state index in [1.54, 1.807) is 18.2 Å². The average Bonchev–Trinajstić information content (AvgIpc) is 2.70. The number of benzene rings is 3. The van der Waals surface area contributed by atoms with Crippen molar-refractivity contribution in [2.24, 2.45) is 0 Å². The Labute approximate surface area is 177 Å². The van der Waals surface area contributed by atoms with Crippen molar-refractivity contribution in [1.82, 2.24) is 4.31 Å². The summed E-state index contributed by atoms with van der Waals surface area (Å²) in [5.74, 6) is 0. The fourth-order valence-electron chi connectivity index (χ4n) is 3.16. The fraction of sp³-hybridized carbons (Fsp3) is 0.227. The topological polar surface area (TPSA) is 61.4 Å². The van der Waals surface area contributed by atoms with Gasteiger partial charge in [-0.1, -0.05) is 50.2 Å². The zero-order valence-corrected chi connectivity index (χ0v) is 18.4. The van der Waals surface area contributed by atoms with Crippen LogP contribution in [-0.2, 0) is 10.0 Å². The molecule has 3 aromatic carbocycles. The van der Waals surface area contributed by atoms with Crippen molar-refractivity contribution < 1.29 is 8.42 Å². The minimum atomic E-state index is -3.53. The molecule has 152 valence electrons. The second kappa shape index (κ2) is 8.90. The highest BCUT2D eigenvalue weighted by atomic mass is 32.2. The minimum absolute atomic E-state index is 0.253. The Hall–Kier alpha value is -2.48. The maximum Gasteiger partial charge on any atom is 0.243 e. The summed E-state index contributed by atoms with van der Waals surface area (Å²) in [7, 11) is -3.53. The third-order valence-electron chi connectivity index (χ3n) is 4.81. The molecule has 3 aromatic rings. The van der Waals surface area contributed by atoms with Gasteiger partial charge in [-0.2, -0.15) is 4.31 Å². The first-order chi connectivity index (χ1) is 13.8. The molecule has 0 aliphatic carbocycles. The van der Waals surface area contributed by atoms with Gasteiger partial charge in [0.2, 0.25) is 10.0 Å². The van der Waals surface area contributed by atoms with Crippen LogP contribution >= 0.6 is 12.2 Å². The number of thiocarbonyl (C=S) groups is 1. The van der Waals surface area contributed by atoms with Crippen LogP contribution in [0.4, 0.5) is 11.4 Å². The molecule has 0 spiro atoms. The molecule has 0 heterocycles. The summed E-state index contributed by atoms with van der Waals surface area (Å²) in [4.78, 5) is 0.253. The summed E-state index contributed by atoms with van der Waals surface area (Å²) in [5, 5.41) is 8.98. The van der Waals surface area contributed by atoms with Gasteiger partial charge in [0.1, 0.15) is 0 Å². The Morgan fingerprint density at radius 2 is 1.62 bits per heavy atom. The van der Waals surface area contributed by atoms with E-state index in [9.17, 15) is 8.42 Å². The summed E-state index contributed by atoms with van der Waals surface area (Å²) in [6, 6.07) is 19.2. The van der Waals surface area contributed by atoms with E-state index in [1.807, 2.05) is 57.2 Å². The number of nitrogens with one attached hydrogen (secondary N) is 2. The molecule has 0 saturated carbocycles. The summed E-state index contributed by atoms with van der Waals surface area (Å²) in [6.45, 7) is 6.43. The Kier molecular flexibility index (Phi) is 6.52. The second-order valence-corrected chi connectivity index (χ2v) is 9.05. The van der Waals surface area contributed by atoms with Crippen LogP contribution in [0.3, 0.4) is 0 Å². The zero-order valence-electron chi connectivity index (χ0n) is 16.8. The van der Waals surface area contributed by atoms with Crippen LogP contribution in [0.2, 0.25) is 0 Å². The van der Waals surface area contributed by atoms with E-state index in [2.05, 4.69) is 16.7 Å². The molecule has 0 aliphatic heterocycles. The number of fused-ring (bicyclic) bond motifs is 1. The molecule has 3 rings (SSSR count). The van der Waals surface area contributed by atoms with Crippen molar-refractivity contribution in [2.45, 2.75) is 25.7 Å². The van der Waals surface area contributed by atoms with Crippen LogP contribution in [0.25, 0.3) is 10.8 Å². The molecule has 0 bridgehead atoms. The van der Waals surface area contributed by atoms with Crippen molar-refractivity contribution in [2.75, 3.05) is 23.7 Å². The van der Waals surface area contributed by atoms with E-state index in [0.717, 1.165) is 22.0 Å². The number of sulfonamides is 1. The third-order valence-corrected chi connectivity index (χ3v) is 7.06. The molecule has 0 fully saturated rings. The van der Waals surface area contributed by atoms with E-state index in [-0.39, 0.29) is 4.90 Å². The van der Waals surface area contributed by atoms with Crippen LogP contribution in [-0.4, -0.2) is 30.9 Å². The SMILES string of the molecule is CCN(CC)S(=O)(=O)c1ccc(C)c(NC(=S)Nc2ccc3ccccc3c2)c1. The predicted molar refractivity (Wildman–Crippen MR) is 125 cm³/mol. The molecule has 2 N–H and O–H groups in total. The van der Waals surface area contributed by atoms with Gasteiger partial charge in [0, 0.05) is 24.5 Å². The lowest BCUT2D eigenvalue weighted by atomic mass is 10.1. The van der Waals surface area contributed by atoms with Crippen molar-refractivity contribution in [1.29, 1.82) is 0 Å². The molecular weight excluding hydrogens is 402 g/mol. The highest BCUT2D eigenvalue weighted by molar-refractivity contribution is 7.89. The number of nitrogens with zero attached hydrogens (tertiary/aromatic N) is 1. The molecule has 0 saturated heterocycles. The first-order valence-electron chi connectivity index (χ1n) is 9.52. The van der Waals surface area contributed by atoms with Crippen molar-refractivity contribution in [3.8, 4) is 0 Å². The van der Waals surface area contributed by atoms with Gasteiger partial charge in [-0.25, -0.2) is 8.42 Å². The average molecular weight is 428 g/mol. The van der Waals surface area contributed by atoms with Gasteiger partial charge in [0.25, 0.3) is 0 Å². The van der Waals surface area contributed by atoms with Crippen molar-refractivity contribution >= 4 is 49.5 Å². The van der Waals surface area contributed by atoms with Crippen molar-refractivity contribution in [3.05, 3.63) is 66.2 Å². The molecule has 29 heavy (non-hydrogen) atoms. The highest BCUT2D eigenvalue weighted by Crippen LogP contribution is 2.24. The van der Waals surface area contributed by atoms with E-state index in [0.29, 0.717) is 23.9 Å². The Balaban J connectivity index is 1.80. The maximum absolute atomic E-state index is 12.8. The van der Waals surface area contributed by atoms with Gasteiger partial charge in [0.15, 0.2) is 5.11 Å². The number of hydrogen-bond acceptors (Lipinski definition) is 3. The lowest BCUT2D eigenvalue weighted by molar-refractivity contribution is 0.445. The highest BCUT2D eigenvalue weighted by Gasteiger charge is 2.22. The molecule has 7 heteroatoms. The zero-order chi connectivity index (χ0) is 21.0. The predicted octanol–water partition coefficient (Wildman–Crippen LogP) is 4.99. The normalized spacial score (nSPS) is 11.6. The fourth-order valence-corrected chi connectivity index (χ4v) is 4.87. The van der Waals surface area contributed by atoms with Crippen LogP contribution < -0.4 is 10.6 Å². The quantitative estimate of drug-likeness (QED) is 0.543. The third kappa shape index (κ3) is 4.75. The van der Waals surface area contributed by atoms with Gasteiger partial charge in [-0.05, 0) is 59.7 Å². The van der Waals surface area contributed by atoms with Crippen LogP contribution in [0, 0.1) is 6.92 Å². The molecule has 0 aromatic heterocycles.